The lowest BCUT2D eigenvalue weighted by molar-refractivity contribution is 0.220. The number of aromatic nitrogens is 2. The van der Waals surface area contributed by atoms with E-state index in [2.05, 4.69) is 50.1 Å². The molecule has 17 heavy (non-hydrogen) atoms. The van der Waals surface area contributed by atoms with Crippen LogP contribution in [0, 0.1) is 12.3 Å². The summed E-state index contributed by atoms with van der Waals surface area (Å²) in [5.74, 6) is 1.11. The third-order valence-electron chi connectivity index (χ3n) is 2.76. The molecular formula is C13H26N4. The second-order valence-corrected chi connectivity index (χ2v) is 6.02. The van der Waals surface area contributed by atoms with Gasteiger partial charge in [-0.3, -0.25) is 4.68 Å². The highest BCUT2D eigenvalue weighted by atomic mass is 15.3. The highest BCUT2D eigenvalue weighted by Crippen LogP contribution is 2.22. The third kappa shape index (κ3) is 3.73. The number of anilines is 1. The largest absolute Gasteiger partial charge is 0.373 e. The van der Waals surface area contributed by atoms with Crippen LogP contribution in [0.25, 0.3) is 0 Å². The van der Waals surface area contributed by atoms with Gasteiger partial charge in [0.25, 0.3) is 0 Å². The van der Waals surface area contributed by atoms with Crippen LogP contribution in [0.15, 0.2) is 0 Å². The lowest BCUT2D eigenvalue weighted by Gasteiger charge is -2.26. The first kappa shape index (κ1) is 14.0. The Bertz CT molecular complexity index is 374. The normalized spacial score (nSPS) is 12.2. The summed E-state index contributed by atoms with van der Waals surface area (Å²) in [5, 5.41) is 7.69. The zero-order chi connectivity index (χ0) is 13.2. The Morgan fingerprint density at radius 1 is 1.35 bits per heavy atom. The molecule has 0 saturated carbocycles. The summed E-state index contributed by atoms with van der Waals surface area (Å²) in [6.45, 7) is 10.9. The molecule has 1 N–H and O–H groups in total. The maximum atomic E-state index is 4.46. The molecule has 98 valence electrons. The van der Waals surface area contributed by atoms with Gasteiger partial charge in [0.1, 0.15) is 5.82 Å². The third-order valence-corrected chi connectivity index (χ3v) is 2.76. The van der Waals surface area contributed by atoms with E-state index in [9.17, 15) is 0 Å². The molecule has 0 amide bonds. The molecule has 0 saturated heterocycles. The molecule has 0 spiro atoms. The summed E-state index contributed by atoms with van der Waals surface area (Å²) in [6, 6.07) is 0. The summed E-state index contributed by atoms with van der Waals surface area (Å²) in [5.41, 5.74) is 2.73. The number of nitrogens with one attached hydrogen (secondary N) is 1. The van der Waals surface area contributed by atoms with Crippen LogP contribution in [-0.4, -0.2) is 35.3 Å². The van der Waals surface area contributed by atoms with Gasteiger partial charge in [0.2, 0.25) is 0 Å². The smallest absolute Gasteiger partial charge is 0.128 e. The van der Waals surface area contributed by atoms with Crippen molar-refractivity contribution >= 4 is 5.82 Å². The molecule has 0 unspecified atom stereocenters. The van der Waals surface area contributed by atoms with Crippen molar-refractivity contribution in [3.8, 4) is 0 Å². The SMILES string of the molecule is CNc1c(CN(C)CC(C)(C)C)c(C)nn1C. The maximum Gasteiger partial charge on any atom is 0.128 e. The highest BCUT2D eigenvalue weighted by Gasteiger charge is 2.17. The van der Waals surface area contributed by atoms with Crippen LogP contribution in [-0.2, 0) is 13.6 Å². The number of nitrogens with zero attached hydrogens (tertiary/aromatic N) is 3. The molecule has 0 aromatic carbocycles. The van der Waals surface area contributed by atoms with Crippen LogP contribution >= 0.6 is 0 Å². The van der Waals surface area contributed by atoms with Gasteiger partial charge in [-0.1, -0.05) is 20.8 Å². The van der Waals surface area contributed by atoms with E-state index in [1.165, 1.54) is 5.56 Å². The van der Waals surface area contributed by atoms with E-state index in [1.54, 1.807) is 0 Å². The zero-order valence-electron chi connectivity index (χ0n) is 12.3. The van der Waals surface area contributed by atoms with Gasteiger partial charge < -0.3 is 10.2 Å². The summed E-state index contributed by atoms with van der Waals surface area (Å²) in [7, 11) is 6.09. The van der Waals surface area contributed by atoms with Crippen molar-refractivity contribution in [2.75, 3.05) is 26.0 Å². The second-order valence-electron chi connectivity index (χ2n) is 6.02. The number of rotatable bonds is 4. The molecule has 0 aliphatic carbocycles. The second kappa shape index (κ2) is 5.08. The fraction of sp³-hybridized carbons (Fsp3) is 0.769. The standard InChI is InChI=1S/C13H26N4/c1-10-11(12(14-5)17(7)15-10)8-16(6)9-13(2,3)4/h14H,8-9H2,1-7H3. The van der Waals surface area contributed by atoms with E-state index >= 15 is 0 Å². The predicted octanol–water partition coefficient (Wildman–Crippen LogP) is 2.25. The zero-order valence-corrected chi connectivity index (χ0v) is 12.3. The van der Waals surface area contributed by atoms with Crippen molar-refractivity contribution < 1.29 is 0 Å². The van der Waals surface area contributed by atoms with E-state index in [0.29, 0.717) is 5.41 Å². The van der Waals surface area contributed by atoms with E-state index in [1.807, 2.05) is 18.8 Å². The van der Waals surface area contributed by atoms with E-state index in [0.717, 1.165) is 24.6 Å². The van der Waals surface area contributed by atoms with E-state index < -0.39 is 0 Å². The average Bonchev–Trinajstić information content (AvgIpc) is 2.38. The van der Waals surface area contributed by atoms with Gasteiger partial charge >= 0.3 is 0 Å². The number of hydrogen-bond acceptors (Lipinski definition) is 3. The van der Waals surface area contributed by atoms with Gasteiger partial charge in [-0.2, -0.15) is 5.10 Å². The molecule has 1 aromatic rings. The van der Waals surface area contributed by atoms with Crippen LogP contribution in [0.2, 0.25) is 0 Å². The first-order valence-electron chi connectivity index (χ1n) is 6.13. The van der Waals surface area contributed by atoms with Crippen molar-refractivity contribution in [2.45, 2.75) is 34.2 Å². The Labute approximate surface area is 105 Å². The predicted molar refractivity (Wildman–Crippen MR) is 73.3 cm³/mol. The molecule has 0 fully saturated rings. The molecule has 0 radical (unpaired) electrons. The van der Waals surface area contributed by atoms with E-state index in [-0.39, 0.29) is 0 Å². The van der Waals surface area contributed by atoms with Gasteiger partial charge in [0, 0.05) is 32.7 Å². The summed E-state index contributed by atoms with van der Waals surface area (Å²) < 4.78 is 1.91. The minimum Gasteiger partial charge on any atom is -0.373 e. The van der Waals surface area contributed by atoms with Gasteiger partial charge in [-0.15, -0.1) is 0 Å². The van der Waals surface area contributed by atoms with Crippen LogP contribution in [0.5, 0.6) is 0 Å². The van der Waals surface area contributed by atoms with Crippen molar-refractivity contribution in [3.63, 3.8) is 0 Å². The van der Waals surface area contributed by atoms with Crippen LogP contribution in [0.3, 0.4) is 0 Å². The van der Waals surface area contributed by atoms with Crippen LogP contribution in [0.4, 0.5) is 5.82 Å². The van der Waals surface area contributed by atoms with Crippen LogP contribution < -0.4 is 5.32 Å². The Morgan fingerprint density at radius 2 is 1.94 bits per heavy atom. The first-order valence-corrected chi connectivity index (χ1v) is 6.13. The Balaban J connectivity index is 2.81. The van der Waals surface area contributed by atoms with Gasteiger partial charge in [0.15, 0.2) is 0 Å². The van der Waals surface area contributed by atoms with E-state index in [4.69, 9.17) is 0 Å². The van der Waals surface area contributed by atoms with Crippen molar-refractivity contribution in [1.82, 2.24) is 14.7 Å². The van der Waals surface area contributed by atoms with Crippen LogP contribution in [0.1, 0.15) is 32.0 Å². The molecular weight excluding hydrogens is 212 g/mol. The molecule has 0 bridgehead atoms. The average molecular weight is 238 g/mol. The van der Waals surface area contributed by atoms with Crippen molar-refractivity contribution in [3.05, 3.63) is 11.3 Å². The lowest BCUT2D eigenvalue weighted by atomic mass is 9.96. The Hall–Kier alpha value is -1.03. The molecule has 4 nitrogen and oxygen atoms in total. The lowest BCUT2D eigenvalue weighted by Crippen LogP contribution is -2.29. The molecule has 1 aromatic heterocycles. The fourth-order valence-electron chi connectivity index (χ4n) is 2.34. The minimum atomic E-state index is 0.324. The quantitative estimate of drug-likeness (QED) is 0.873. The summed E-state index contributed by atoms with van der Waals surface area (Å²) in [6.07, 6.45) is 0. The van der Waals surface area contributed by atoms with Crippen molar-refractivity contribution in [1.29, 1.82) is 0 Å². The van der Waals surface area contributed by atoms with Gasteiger partial charge in [-0.25, -0.2) is 0 Å². The number of hydrogen-bond donors (Lipinski definition) is 1. The monoisotopic (exact) mass is 238 g/mol. The topological polar surface area (TPSA) is 33.1 Å². The first-order chi connectivity index (χ1) is 7.74. The summed E-state index contributed by atoms with van der Waals surface area (Å²) in [4.78, 5) is 2.35. The van der Waals surface area contributed by atoms with Gasteiger partial charge in [-0.05, 0) is 19.4 Å². The highest BCUT2D eigenvalue weighted by molar-refractivity contribution is 5.46. The van der Waals surface area contributed by atoms with Gasteiger partial charge in [0.05, 0.1) is 5.69 Å². The number of aryl methyl sites for hydroxylation is 2. The Kier molecular flexibility index (Phi) is 4.20. The molecule has 4 heteroatoms. The minimum absolute atomic E-state index is 0.324. The summed E-state index contributed by atoms with van der Waals surface area (Å²) >= 11 is 0. The molecule has 0 aliphatic rings. The Morgan fingerprint density at radius 3 is 2.41 bits per heavy atom. The van der Waals surface area contributed by atoms with Crippen molar-refractivity contribution in [2.24, 2.45) is 12.5 Å². The molecule has 1 heterocycles. The maximum absolute atomic E-state index is 4.46. The fourth-order valence-corrected chi connectivity index (χ4v) is 2.34. The molecule has 0 atom stereocenters. The molecule has 0 aliphatic heterocycles. The molecule has 1 rings (SSSR count).